The van der Waals surface area contributed by atoms with Crippen molar-refractivity contribution in [2.45, 2.75) is 25.7 Å². The maximum atomic E-state index is 13.4. The summed E-state index contributed by atoms with van der Waals surface area (Å²) < 4.78 is 13.4. The first-order chi connectivity index (χ1) is 12.2. The lowest BCUT2D eigenvalue weighted by Gasteiger charge is -2.07. The normalized spacial score (nSPS) is 12.6. The van der Waals surface area contributed by atoms with E-state index in [2.05, 4.69) is 31.8 Å². The molecule has 1 unspecified atom stereocenters. The standard InChI is InChI=1S/C18H16FN5S/c1-11(18-20-2-3-25-18)4-16-21-7-12(8-22-16)5-13-9-23-17-15(13)6-14(19)10-24-17/h2-3,6-11H,4-5H2,1H3,(H,23,24). The second-order valence-corrected chi connectivity index (χ2v) is 6.95. The summed E-state index contributed by atoms with van der Waals surface area (Å²) in [7, 11) is 0. The third-order valence-electron chi connectivity index (χ3n) is 4.10. The van der Waals surface area contributed by atoms with Crippen molar-refractivity contribution >= 4 is 22.4 Å². The molecule has 0 bridgehead atoms. The Bertz CT molecular complexity index is 979. The number of aromatic amines is 1. The lowest BCUT2D eigenvalue weighted by atomic mass is 10.1. The Kier molecular flexibility index (Phi) is 4.23. The third-order valence-corrected chi connectivity index (χ3v) is 5.11. The number of nitrogens with zero attached hydrogens (tertiary/aromatic N) is 4. The van der Waals surface area contributed by atoms with E-state index in [0.29, 0.717) is 18.0 Å². The minimum atomic E-state index is -0.337. The average Bonchev–Trinajstić information content (AvgIpc) is 3.27. The van der Waals surface area contributed by atoms with Gasteiger partial charge >= 0.3 is 0 Å². The summed E-state index contributed by atoms with van der Waals surface area (Å²) in [5.74, 6) is 0.766. The summed E-state index contributed by atoms with van der Waals surface area (Å²) in [6.45, 7) is 2.13. The highest BCUT2D eigenvalue weighted by atomic mass is 32.1. The number of hydrogen-bond donors (Lipinski definition) is 1. The summed E-state index contributed by atoms with van der Waals surface area (Å²) in [4.78, 5) is 20.4. The van der Waals surface area contributed by atoms with Crippen LogP contribution in [0.25, 0.3) is 11.0 Å². The molecule has 0 aliphatic carbocycles. The van der Waals surface area contributed by atoms with E-state index in [0.717, 1.165) is 33.8 Å². The zero-order valence-electron chi connectivity index (χ0n) is 13.6. The van der Waals surface area contributed by atoms with Crippen molar-refractivity contribution in [3.05, 3.63) is 70.2 Å². The highest BCUT2D eigenvalue weighted by Crippen LogP contribution is 2.22. The molecule has 0 spiro atoms. The number of fused-ring (bicyclic) bond motifs is 1. The predicted molar refractivity (Wildman–Crippen MR) is 95.1 cm³/mol. The zero-order valence-corrected chi connectivity index (χ0v) is 14.4. The first kappa shape index (κ1) is 15.8. The van der Waals surface area contributed by atoms with E-state index in [9.17, 15) is 4.39 Å². The van der Waals surface area contributed by atoms with Crippen molar-refractivity contribution in [2.75, 3.05) is 0 Å². The second-order valence-electron chi connectivity index (χ2n) is 6.02. The van der Waals surface area contributed by atoms with Crippen LogP contribution in [0.2, 0.25) is 0 Å². The van der Waals surface area contributed by atoms with Crippen LogP contribution in [-0.4, -0.2) is 24.9 Å². The highest BCUT2D eigenvalue weighted by Gasteiger charge is 2.12. The van der Waals surface area contributed by atoms with E-state index in [1.807, 2.05) is 30.2 Å². The quantitative estimate of drug-likeness (QED) is 0.591. The molecule has 1 N–H and O–H groups in total. The van der Waals surface area contributed by atoms with Gasteiger partial charge in [-0.05, 0) is 17.2 Å². The molecule has 126 valence electrons. The van der Waals surface area contributed by atoms with Crippen LogP contribution in [0.15, 0.2) is 42.4 Å². The summed E-state index contributed by atoms with van der Waals surface area (Å²) >= 11 is 1.65. The van der Waals surface area contributed by atoms with E-state index in [1.165, 1.54) is 12.3 Å². The number of aromatic nitrogens is 5. The minimum Gasteiger partial charge on any atom is -0.346 e. The van der Waals surface area contributed by atoms with Gasteiger partial charge in [0.15, 0.2) is 0 Å². The molecule has 4 heterocycles. The van der Waals surface area contributed by atoms with Crippen LogP contribution in [-0.2, 0) is 12.8 Å². The van der Waals surface area contributed by atoms with Crippen LogP contribution in [0.5, 0.6) is 0 Å². The molecule has 0 saturated heterocycles. The molecule has 25 heavy (non-hydrogen) atoms. The summed E-state index contributed by atoms with van der Waals surface area (Å²) in [5, 5.41) is 3.87. The molecule has 0 amide bonds. The van der Waals surface area contributed by atoms with Crippen LogP contribution >= 0.6 is 11.3 Å². The summed E-state index contributed by atoms with van der Waals surface area (Å²) in [5.41, 5.74) is 2.65. The maximum Gasteiger partial charge on any atom is 0.142 e. The highest BCUT2D eigenvalue weighted by molar-refractivity contribution is 7.09. The molecule has 5 nitrogen and oxygen atoms in total. The molecule has 0 aliphatic heterocycles. The molecule has 0 fully saturated rings. The van der Waals surface area contributed by atoms with Gasteiger partial charge in [0.1, 0.15) is 17.3 Å². The van der Waals surface area contributed by atoms with Gasteiger partial charge in [0.2, 0.25) is 0 Å². The topological polar surface area (TPSA) is 67.3 Å². The van der Waals surface area contributed by atoms with Crippen molar-refractivity contribution in [3.63, 3.8) is 0 Å². The Morgan fingerprint density at radius 1 is 1.16 bits per heavy atom. The molecule has 4 rings (SSSR count). The third kappa shape index (κ3) is 3.41. The molecule has 7 heteroatoms. The van der Waals surface area contributed by atoms with Crippen LogP contribution in [0.4, 0.5) is 4.39 Å². The average molecular weight is 353 g/mol. The van der Waals surface area contributed by atoms with Crippen LogP contribution in [0.1, 0.15) is 34.8 Å². The van der Waals surface area contributed by atoms with Crippen LogP contribution in [0, 0.1) is 5.82 Å². The number of hydrogen-bond acceptors (Lipinski definition) is 5. The Labute approximate surface area is 148 Å². The number of halogens is 1. The number of thiazole rings is 1. The second kappa shape index (κ2) is 6.68. The molecule has 0 aromatic carbocycles. The van der Waals surface area contributed by atoms with Crippen molar-refractivity contribution in [1.82, 2.24) is 24.9 Å². The Hall–Kier alpha value is -2.67. The molecule has 0 aliphatic rings. The molecular weight excluding hydrogens is 337 g/mol. The molecule has 0 saturated carbocycles. The molecule has 1 atom stereocenters. The number of nitrogens with one attached hydrogen (secondary N) is 1. The van der Waals surface area contributed by atoms with E-state index < -0.39 is 0 Å². The van der Waals surface area contributed by atoms with Crippen molar-refractivity contribution < 1.29 is 4.39 Å². The first-order valence-corrected chi connectivity index (χ1v) is 8.87. The predicted octanol–water partition coefficient (Wildman–Crippen LogP) is 3.89. The van der Waals surface area contributed by atoms with Gasteiger partial charge in [-0.2, -0.15) is 0 Å². The van der Waals surface area contributed by atoms with Crippen molar-refractivity contribution in [3.8, 4) is 0 Å². The minimum absolute atomic E-state index is 0.300. The van der Waals surface area contributed by atoms with Gasteiger partial charge in [-0.3, -0.25) is 0 Å². The smallest absolute Gasteiger partial charge is 0.142 e. The summed E-state index contributed by atoms with van der Waals surface area (Å²) in [6.07, 6.45) is 9.95. The fourth-order valence-corrected chi connectivity index (χ4v) is 3.51. The number of pyridine rings is 1. The zero-order chi connectivity index (χ0) is 17.2. The van der Waals surface area contributed by atoms with Gasteiger partial charge in [-0.25, -0.2) is 24.3 Å². The largest absolute Gasteiger partial charge is 0.346 e. The van der Waals surface area contributed by atoms with Crippen LogP contribution < -0.4 is 0 Å². The van der Waals surface area contributed by atoms with Gasteiger partial charge in [0, 0.05) is 54.3 Å². The van der Waals surface area contributed by atoms with E-state index >= 15 is 0 Å². The van der Waals surface area contributed by atoms with Crippen molar-refractivity contribution in [2.24, 2.45) is 0 Å². The monoisotopic (exact) mass is 353 g/mol. The van der Waals surface area contributed by atoms with Gasteiger partial charge in [0.25, 0.3) is 0 Å². The Balaban J connectivity index is 1.49. The maximum absolute atomic E-state index is 13.4. The van der Waals surface area contributed by atoms with E-state index in [4.69, 9.17) is 0 Å². The SMILES string of the molecule is CC(Cc1ncc(Cc2c[nH]c3ncc(F)cc23)cn1)c1nccs1. The molecule has 0 radical (unpaired) electrons. The fraction of sp³-hybridized carbons (Fsp3) is 0.222. The molecule has 4 aromatic heterocycles. The molecule has 4 aromatic rings. The van der Waals surface area contributed by atoms with Gasteiger partial charge < -0.3 is 4.98 Å². The van der Waals surface area contributed by atoms with E-state index in [1.54, 1.807) is 11.3 Å². The summed E-state index contributed by atoms with van der Waals surface area (Å²) in [6, 6.07) is 1.50. The Morgan fingerprint density at radius 2 is 2.00 bits per heavy atom. The van der Waals surface area contributed by atoms with E-state index in [-0.39, 0.29) is 5.82 Å². The van der Waals surface area contributed by atoms with Gasteiger partial charge in [-0.15, -0.1) is 11.3 Å². The fourth-order valence-electron chi connectivity index (χ4n) is 2.82. The van der Waals surface area contributed by atoms with Gasteiger partial charge in [-0.1, -0.05) is 6.92 Å². The lowest BCUT2D eigenvalue weighted by Crippen LogP contribution is -2.03. The van der Waals surface area contributed by atoms with Gasteiger partial charge in [0.05, 0.1) is 11.2 Å². The lowest BCUT2D eigenvalue weighted by molar-refractivity contribution is 0.624. The van der Waals surface area contributed by atoms with Crippen LogP contribution in [0.3, 0.4) is 0 Å². The number of rotatable bonds is 5. The Morgan fingerprint density at radius 3 is 2.76 bits per heavy atom. The first-order valence-electron chi connectivity index (χ1n) is 8.00. The number of H-pyrrole nitrogens is 1. The molecular formula is C18H16FN5S. The van der Waals surface area contributed by atoms with Crippen molar-refractivity contribution in [1.29, 1.82) is 0 Å².